The summed E-state index contributed by atoms with van der Waals surface area (Å²) >= 11 is 0. The lowest BCUT2D eigenvalue weighted by Crippen LogP contribution is -2.53. The van der Waals surface area contributed by atoms with Crippen molar-refractivity contribution in [2.45, 2.75) is 39.7 Å². The molecule has 0 radical (unpaired) electrons. The number of amides is 1. The van der Waals surface area contributed by atoms with E-state index in [0.717, 1.165) is 12.1 Å². The number of carbonyl (C=O) groups excluding carboxylic acids is 1. The third kappa shape index (κ3) is 5.06. The molecule has 1 N–H and O–H groups in total. The van der Waals surface area contributed by atoms with Crippen LogP contribution in [0.1, 0.15) is 38.8 Å². The van der Waals surface area contributed by atoms with Crippen LogP contribution >= 0.6 is 0 Å². The molecule has 2 saturated heterocycles. The van der Waals surface area contributed by atoms with Crippen molar-refractivity contribution in [3.8, 4) is 0 Å². The fourth-order valence-electron chi connectivity index (χ4n) is 4.15. The molecule has 3 rings (SSSR count). The summed E-state index contributed by atoms with van der Waals surface area (Å²) < 4.78 is 29.3. The highest BCUT2D eigenvalue weighted by Gasteiger charge is 2.38. The molecular formula is C19H30N4O3S. The number of aromatic nitrogens is 1. The summed E-state index contributed by atoms with van der Waals surface area (Å²) in [5.74, 6) is 0.328. The van der Waals surface area contributed by atoms with E-state index in [1.54, 1.807) is 10.5 Å². The van der Waals surface area contributed by atoms with Crippen LogP contribution in [0.25, 0.3) is 0 Å². The predicted octanol–water partition coefficient (Wildman–Crippen LogP) is 1.63. The molecule has 1 aromatic rings. The summed E-state index contributed by atoms with van der Waals surface area (Å²) in [6.45, 7) is 6.45. The SMILES string of the molecule is CC1CC(C)CN(S(=O)(=O)N2CCCC(C(=O)NCc3ccccn3)C2)C1. The normalized spacial score (nSPS) is 28.0. The zero-order chi connectivity index (χ0) is 19.4. The van der Waals surface area contributed by atoms with Crippen molar-refractivity contribution in [3.05, 3.63) is 30.1 Å². The van der Waals surface area contributed by atoms with Gasteiger partial charge in [0.1, 0.15) is 0 Å². The summed E-state index contributed by atoms with van der Waals surface area (Å²) in [6, 6.07) is 5.57. The molecule has 3 unspecified atom stereocenters. The van der Waals surface area contributed by atoms with Gasteiger partial charge in [-0.2, -0.15) is 17.0 Å². The molecular weight excluding hydrogens is 364 g/mol. The van der Waals surface area contributed by atoms with Gasteiger partial charge in [-0.1, -0.05) is 19.9 Å². The lowest BCUT2D eigenvalue weighted by molar-refractivity contribution is -0.126. The van der Waals surface area contributed by atoms with Crippen LogP contribution in [-0.2, 0) is 21.5 Å². The highest BCUT2D eigenvalue weighted by Crippen LogP contribution is 2.27. The molecule has 0 saturated carbocycles. The fraction of sp³-hybridized carbons (Fsp3) is 0.684. The first kappa shape index (κ1) is 20.2. The van der Waals surface area contributed by atoms with Gasteiger partial charge in [0, 0.05) is 32.4 Å². The molecule has 0 aromatic carbocycles. The summed E-state index contributed by atoms with van der Waals surface area (Å²) in [4.78, 5) is 16.7. The summed E-state index contributed by atoms with van der Waals surface area (Å²) in [5.41, 5.74) is 0.794. The van der Waals surface area contributed by atoms with E-state index in [4.69, 9.17) is 0 Å². The Bertz CT molecular complexity index is 731. The number of piperidine rings is 2. The fourth-order valence-corrected chi connectivity index (χ4v) is 6.09. The number of pyridine rings is 1. The smallest absolute Gasteiger partial charge is 0.282 e. The Kier molecular flexibility index (Phi) is 6.49. The van der Waals surface area contributed by atoms with Gasteiger partial charge in [-0.25, -0.2) is 0 Å². The third-order valence-corrected chi connectivity index (χ3v) is 7.35. The molecule has 0 aliphatic carbocycles. The lowest BCUT2D eigenvalue weighted by Gasteiger charge is -2.39. The second kappa shape index (κ2) is 8.67. The van der Waals surface area contributed by atoms with Crippen LogP contribution in [0.5, 0.6) is 0 Å². The molecule has 3 heterocycles. The Hall–Kier alpha value is -1.51. The van der Waals surface area contributed by atoms with E-state index in [9.17, 15) is 13.2 Å². The molecule has 1 amide bonds. The number of nitrogens with zero attached hydrogens (tertiary/aromatic N) is 3. The minimum absolute atomic E-state index is 0.0964. The van der Waals surface area contributed by atoms with E-state index in [0.29, 0.717) is 50.9 Å². The number of nitrogens with one attached hydrogen (secondary N) is 1. The van der Waals surface area contributed by atoms with E-state index in [1.165, 1.54) is 4.31 Å². The molecule has 8 heteroatoms. The van der Waals surface area contributed by atoms with Gasteiger partial charge in [0.2, 0.25) is 5.91 Å². The summed E-state index contributed by atoms with van der Waals surface area (Å²) in [5, 5.41) is 2.90. The predicted molar refractivity (Wildman–Crippen MR) is 104 cm³/mol. The zero-order valence-corrected chi connectivity index (χ0v) is 17.0. The standard InChI is InChI=1S/C19H30N4O3S/c1-15-10-16(2)13-23(12-15)27(25,26)22-9-5-6-17(14-22)19(24)21-11-18-7-3-4-8-20-18/h3-4,7-8,15-17H,5-6,9-14H2,1-2H3,(H,21,24). The second-order valence-electron chi connectivity index (χ2n) is 8.01. The van der Waals surface area contributed by atoms with E-state index in [1.807, 2.05) is 18.2 Å². The third-order valence-electron chi connectivity index (χ3n) is 5.41. The number of rotatable bonds is 5. The van der Waals surface area contributed by atoms with Gasteiger partial charge in [0.05, 0.1) is 18.2 Å². The summed E-state index contributed by atoms with van der Waals surface area (Å²) in [7, 11) is -3.51. The number of carbonyl (C=O) groups is 1. The Morgan fingerprint density at radius 1 is 1.19 bits per heavy atom. The molecule has 27 heavy (non-hydrogen) atoms. The summed E-state index contributed by atoms with van der Waals surface area (Å²) in [6.07, 6.45) is 4.17. The Morgan fingerprint density at radius 3 is 2.59 bits per heavy atom. The van der Waals surface area contributed by atoms with Gasteiger partial charge in [0.25, 0.3) is 10.2 Å². The molecule has 0 spiro atoms. The molecule has 2 aliphatic heterocycles. The monoisotopic (exact) mass is 394 g/mol. The van der Waals surface area contributed by atoms with Crippen molar-refractivity contribution in [2.24, 2.45) is 17.8 Å². The van der Waals surface area contributed by atoms with Crippen molar-refractivity contribution < 1.29 is 13.2 Å². The van der Waals surface area contributed by atoms with Crippen LogP contribution in [0.2, 0.25) is 0 Å². The quantitative estimate of drug-likeness (QED) is 0.823. The molecule has 150 valence electrons. The molecule has 1 aromatic heterocycles. The Labute approximate surface area is 162 Å². The molecule has 2 fully saturated rings. The van der Waals surface area contributed by atoms with Crippen molar-refractivity contribution in [1.29, 1.82) is 0 Å². The number of hydrogen-bond acceptors (Lipinski definition) is 4. The highest BCUT2D eigenvalue weighted by molar-refractivity contribution is 7.86. The van der Waals surface area contributed by atoms with Gasteiger partial charge in [-0.05, 0) is 43.2 Å². The van der Waals surface area contributed by atoms with E-state index in [-0.39, 0.29) is 18.4 Å². The van der Waals surface area contributed by atoms with E-state index >= 15 is 0 Å². The maximum Gasteiger partial charge on any atom is 0.282 e. The van der Waals surface area contributed by atoms with Gasteiger partial charge < -0.3 is 5.32 Å². The van der Waals surface area contributed by atoms with E-state index < -0.39 is 10.2 Å². The molecule has 3 atom stereocenters. The van der Waals surface area contributed by atoms with Gasteiger partial charge in [0.15, 0.2) is 0 Å². The topological polar surface area (TPSA) is 82.6 Å². The Balaban J connectivity index is 1.60. The maximum absolute atomic E-state index is 13.1. The van der Waals surface area contributed by atoms with Gasteiger partial charge in [-0.3, -0.25) is 9.78 Å². The van der Waals surface area contributed by atoms with Crippen molar-refractivity contribution in [1.82, 2.24) is 18.9 Å². The van der Waals surface area contributed by atoms with Gasteiger partial charge >= 0.3 is 0 Å². The number of hydrogen-bond donors (Lipinski definition) is 1. The van der Waals surface area contributed by atoms with Crippen LogP contribution in [0.15, 0.2) is 24.4 Å². The Morgan fingerprint density at radius 2 is 1.93 bits per heavy atom. The first-order chi connectivity index (χ1) is 12.9. The first-order valence-electron chi connectivity index (χ1n) is 9.79. The van der Waals surface area contributed by atoms with Crippen molar-refractivity contribution >= 4 is 16.1 Å². The van der Waals surface area contributed by atoms with E-state index in [2.05, 4.69) is 24.1 Å². The molecule has 7 nitrogen and oxygen atoms in total. The van der Waals surface area contributed by atoms with Crippen LogP contribution in [0.3, 0.4) is 0 Å². The first-order valence-corrected chi connectivity index (χ1v) is 11.2. The maximum atomic E-state index is 13.1. The minimum atomic E-state index is -3.51. The zero-order valence-electron chi connectivity index (χ0n) is 16.2. The minimum Gasteiger partial charge on any atom is -0.350 e. The average Bonchev–Trinajstić information content (AvgIpc) is 2.66. The van der Waals surface area contributed by atoms with Crippen molar-refractivity contribution in [3.63, 3.8) is 0 Å². The largest absolute Gasteiger partial charge is 0.350 e. The highest BCUT2D eigenvalue weighted by atomic mass is 32.2. The van der Waals surface area contributed by atoms with Crippen LogP contribution in [0.4, 0.5) is 0 Å². The second-order valence-corrected chi connectivity index (χ2v) is 9.94. The van der Waals surface area contributed by atoms with Gasteiger partial charge in [-0.15, -0.1) is 0 Å². The van der Waals surface area contributed by atoms with Crippen LogP contribution in [-0.4, -0.2) is 54.1 Å². The van der Waals surface area contributed by atoms with Crippen LogP contribution < -0.4 is 5.32 Å². The lowest BCUT2D eigenvalue weighted by atomic mass is 9.94. The van der Waals surface area contributed by atoms with Crippen LogP contribution in [0, 0.1) is 17.8 Å². The molecule has 0 bridgehead atoms. The average molecular weight is 395 g/mol. The molecule has 2 aliphatic rings. The van der Waals surface area contributed by atoms with Crippen molar-refractivity contribution in [2.75, 3.05) is 26.2 Å².